The Kier molecular flexibility index (Phi) is 2.56. The van der Waals surface area contributed by atoms with Crippen LogP contribution in [0.25, 0.3) is 21.9 Å². The van der Waals surface area contributed by atoms with Crippen molar-refractivity contribution in [1.82, 2.24) is 14.8 Å². The van der Waals surface area contributed by atoms with Crippen LogP contribution in [0, 0.1) is 6.92 Å². The van der Waals surface area contributed by atoms with Crippen molar-refractivity contribution in [2.45, 2.75) is 6.92 Å². The van der Waals surface area contributed by atoms with Crippen LogP contribution in [0.3, 0.4) is 0 Å². The monoisotopic (exact) mass is 257 g/mol. The second-order valence-corrected chi connectivity index (χ2v) is 4.72. The minimum absolute atomic E-state index is 0.511. The van der Waals surface area contributed by atoms with E-state index >= 15 is 0 Å². The predicted molar refractivity (Wildman–Crippen MR) is 73.7 cm³/mol. The number of hydrogen-bond donors (Lipinski definition) is 0. The first-order chi connectivity index (χ1) is 8.65. The Balaban J connectivity index is 2.35. The molecule has 0 amide bonds. The Hall–Kier alpha value is -1.87. The topological polar surface area (TPSA) is 30.7 Å². The van der Waals surface area contributed by atoms with E-state index in [0.717, 1.165) is 27.6 Å². The van der Waals surface area contributed by atoms with Crippen molar-refractivity contribution in [3.8, 4) is 11.1 Å². The fourth-order valence-corrected chi connectivity index (χ4v) is 2.40. The van der Waals surface area contributed by atoms with E-state index in [-0.39, 0.29) is 0 Å². The van der Waals surface area contributed by atoms with Gasteiger partial charge in [-0.3, -0.25) is 4.68 Å². The third kappa shape index (κ3) is 1.77. The van der Waals surface area contributed by atoms with E-state index in [9.17, 15) is 0 Å². The molecule has 0 spiro atoms. The van der Waals surface area contributed by atoms with Crippen LogP contribution in [0.4, 0.5) is 0 Å². The van der Waals surface area contributed by atoms with E-state index in [1.165, 1.54) is 0 Å². The van der Waals surface area contributed by atoms with Crippen LogP contribution in [0.5, 0.6) is 0 Å². The van der Waals surface area contributed by atoms with Gasteiger partial charge in [0.1, 0.15) is 5.15 Å². The molecule has 0 saturated heterocycles. The Morgan fingerprint density at radius 3 is 2.78 bits per heavy atom. The maximum absolute atomic E-state index is 5.99. The minimum Gasteiger partial charge on any atom is -0.275 e. The SMILES string of the molecule is Cc1nn(C)cc1-c1cccc2cnc(Cl)cc12. The summed E-state index contributed by atoms with van der Waals surface area (Å²) in [7, 11) is 1.93. The molecule has 4 heteroatoms. The van der Waals surface area contributed by atoms with Gasteiger partial charge in [-0.15, -0.1) is 0 Å². The van der Waals surface area contributed by atoms with Crippen molar-refractivity contribution in [2.24, 2.45) is 7.05 Å². The first-order valence-electron chi connectivity index (χ1n) is 5.70. The van der Waals surface area contributed by atoms with Crippen LogP contribution < -0.4 is 0 Å². The van der Waals surface area contributed by atoms with Crippen LogP contribution in [0.1, 0.15) is 5.69 Å². The first-order valence-corrected chi connectivity index (χ1v) is 6.08. The summed E-state index contributed by atoms with van der Waals surface area (Å²) >= 11 is 5.99. The molecule has 0 aliphatic rings. The molecular formula is C14H12ClN3. The average molecular weight is 258 g/mol. The zero-order chi connectivity index (χ0) is 12.7. The molecule has 90 valence electrons. The fourth-order valence-electron chi connectivity index (χ4n) is 2.24. The van der Waals surface area contributed by atoms with Crippen LogP contribution in [0.15, 0.2) is 36.7 Å². The molecule has 0 N–H and O–H groups in total. The van der Waals surface area contributed by atoms with Crippen LogP contribution in [0.2, 0.25) is 5.15 Å². The molecule has 3 nitrogen and oxygen atoms in total. The number of benzene rings is 1. The Labute approximate surface area is 110 Å². The maximum atomic E-state index is 5.99. The first kappa shape index (κ1) is 11.2. The van der Waals surface area contributed by atoms with E-state index < -0.39 is 0 Å². The number of hydrogen-bond acceptors (Lipinski definition) is 2. The lowest BCUT2D eigenvalue weighted by molar-refractivity contribution is 0.756. The van der Waals surface area contributed by atoms with Crippen LogP contribution >= 0.6 is 11.6 Å². The molecule has 0 aliphatic carbocycles. The Morgan fingerprint density at radius 1 is 1.22 bits per heavy atom. The highest BCUT2D eigenvalue weighted by molar-refractivity contribution is 6.30. The molecule has 0 fully saturated rings. The highest BCUT2D eigenvalue weighted by Gasteiger charge is 2.10. The van der Waals surface area contributed by atoms with Gasteiger partial charge in [0.05, 0.1) is 5.69 Å². The fraction of sp³-hybridized carbons (Fsp3) is 0.143. The van der Waals surface area contributed by atoms with Crippen LogP contribution in [-0.4, -0.2) is 14.8 Å². The van der Waals surface area contributed by atoms with E-state index in [2.05, 4.69) is 16.1 Å². The van der Waals surface area contributed by atoms with Crippen molar-refractivity contribution in [2.75, 3.05) is 0 Å². The minimum atomic E-state index is 0.511. The molecule has 0 aliphatic heterocycles. The van der Waals surface area contributed by atoms with Gasteiger partial charge >= 0.3 is 0 Å². The summed E-state index contributed by atoms with van der Waals surface area (Å²) in [4.78, 5) is 4.11. The average Bonchev–Trinajstić information content (AvgIpc) is 2.67. The molecule has 3 rings (SSSR count). The zero-order valence-corrected chi connectivity index (χ0v) is 10.9. The molecule has 18 heavy (non-hydrogen) atoms. The summed E-state index contributed by atoms with van der Waals surface area (Å²) < 4.78 is 1.83. The van der Waals surface area contributed by atoms with Crippen molar-refractivity contribution >= 4 is 22.4 Å². The van der Waals surface area contributed by atoms with Crippen molar-refractivity contribution in [3.63, 3.8) is 0 Å². The molecule has 2 aromatic heterocycles. The van der Waals surface area contributed by atoms with Crippen LogP contribution in [-0.2, 0) is 7.05 Å². The van der Waals surface area contributed by atoms with Crippen molar-refractivity contribution in [1.29, 1.82) is 0 Å². The largest absolute Gasteiger partial charge is 0.275 e. The molecule has 2 heterocycles. The van der Waals surface area contributed by atoms with Gasteiger partial charge in [-0.25, -0.2) is 4.98 Å². The van der Waals surface area contributed by atoms with E-state index in [1.54, 1.807) is 6.20 Å². The van der Waals surface area contributed by atoms with Crippen molar-refractivity contribution in [3.05, 3.63) is 47.5 Å². The van der Waals surface area contributed by atoms with Gasteiger partial charge in [-0.2, -0.15) is 5.10 Å². The zero-order valence-electron chi connectivity index (χ0n) is 10.2. The molecule has 3 aromatic rings. The van der Waals surface area contributed by atoms with Crippen molar-refractivity contribution < 1.29 is 0 Å². The third-order valence-electron chi connectivity index (χ3n) is 3.03. The summed E-state index contributed by atoms with van der Waals surface area (Å²) in [5.74, 6) is 0. The van der Waals surface area contributed by atoms with E-state index in [1.807, 2.05) is 43.0 Å². The van der Waals surface area contributed by atoms with Gasteiger partial charge in [0, 0.05) is 30.4 Å². The van der Waals surface area contributed by atoms with E-state index in [4.69, 9.17) is 11.6 Å². The molecule has 0 saturated carbocycles. The molecule has 0 atom stereocenters. The Morgan fingerprint density at radius 2 is 2.06 bits per heavy atom. The van der Waals surface area contributed by atoms with Gasteiger partial charge in [-0.05, 0) is 23.9 Å². The number of fused-ring (bicyclic) bond motifs is 1. The highest BCUT2D eigenvalue weighted by atomic mass is 35.5. The number of aromatic nitrogens is 3. The number of aryl methyl sites for hydroxylation is 2. The number of rotatable bonds is 1. The Bertz CT molecular complexity index is 731. The summed E-state index contributed by atoms with van der Waals surface area (Å²) in [6.45, 7) is 2.01. The summed E-state index contributed by atoms with van der Waals surface area (Å²) in [6, 6.07) is 8.05. The maximum Gasteiger partial charge on any atom is 0.129 e. The summed E-state index contributed by atoms with van der Waals surface area (Å²) in [6.07, 6.45) is 3.82. The summed E-state index contributed by atoms with van der Waals surface area (Å²) in [5.41, 5.74) is 3.28. The lowest BCUT2D eigenvalue weighted by Gasteiger charge is -2.05. The second kappa shape index (κ2) is 4.10. The normalized spacial score (nSPS) is 11.1. The smallest absolute Gasteiger partial charge is 0.129 e. The van der Waals surface area contributed by atoms with Gasteiger partial charge in [-0.1, -0.05) is 29.8 Å². The van der Waals surface area contributed by atoms with Gasteiger partial charge < -0.3 is 0 Å². The summed E-state index contributed by atoms with van der Waals surface area (Å²) in [5, 5.41) is 7.08. The quantitative estimate of drug-likeness (QED) is 0.624. The standard InChI is InChI=1S/C14H12ClN3/c1-9-13(8-18(2)17-9)11-5-3-4-10-7-16-14(15)6-12(10)11/h3-8H,1-2H3. The van der Waals surface area contributed by atoms with Gasteiger partial charge in [0.2, 0.25) is 0 Å². The molecule has 0 radical (unpaired) electrons. The highest BCUT2D eigenvalue weighted by Crippen LogP contribution is 2.31. The molecule has 0 unspecified atom stereocenters. The van der Waals surface area contributed by atoms with Gasteiger partial charge in [0.25, 0.3) is 0 Å². The lowest BCUT2D eigenvalue weighted by atomic mass is 10.0. The molecule has 0 bridgehead atoms. The molecule has 1 aromatic carbocycles. The van der Waals surface area contributed by atoms with Gasteiger partial charge in [0.15, 0.2) is 0 Å². The number of nitrogens with zero attached hydrogens (tertiary/aromatic N) is 3. The lowest BCUT2D eigenvalue weighted by Crippen LogP contribution is -1.86. The number of pyridine rings is 1. The van der Waals surface area contributed by atoms with E-state index in [0.29, 0.717) is 5.15 Å². The third-order valence-corrected chi connectivity index (χ3v) is 3.24. The number of halogens is 1. The molecular weight excluding hydrogens is 246 g/mol. The second-order valence-electron chi connectivity index (χ2n) is 4.34. The predicted octanol–water partition coefficient (Wildman–Crippen LogP) is 3.60.